The highest BCUT2D eigenvalue weighted by Gasteiger charge is 2.82. The molecule has 0 aromatic rings. The summed E-state index contributed by atoms with van der Waals surface area (Å²) in [6, 6.07) is 0. The quantitative estimate of drug-likeness (QED) is 0.178. The summed E-state index contributed by atoms with van der Waals surface area (Å²) < 4.78 is 116. The molecule has 3 nitrogen and oxygen atoms in total. The Hall–Kier alpha value is -0.400. The topological polar surface area (TPSA) is 23.5 Å². The standard InChI is InChI=1S/C13H22F9N2OS.C2H6/c1-4-23(8-7-9-24(25,5-2)6-3)26-13(21,22)11(16,17)10(14,15)12(18,19)20;1-2/h25H,4-9H2,1-3H3;1-2H3/q+1;. The number of quaternary nitrogens is 1. The number of hydroxylamine groups is 3. The van der Waals surface area contributed by atoms with Crippen molar-refractivity contribution in [1.82, 2.24) is 4.31 Å². The molecule has 13 heteroatoms. The molecule has 1 N–H and O–H groups in total. The molecule has 0 rings (SSSR count). The number of hydrogen-bond acceptors (Lipinski definition) is 3. The zero-order valence-electron chi connectivity index (χ0n) is 16.4. The predicted octanol–water partition coefficient (Wildman–Crippen LogP) is 6.04. The average Bonchev–Trinajstić information content (AvgIpc) is 2.60. The fourth-order valence-electron chi connectivity index (χ4n) is 1.93. The molecule has 0 atom stereocenters. The van der Waals surface area contributed by atoms with Gasteiger partial charge in [-0.1, -0.05) is 20.8 Å². The molecule has 0 spiro atoms. The highest BCUT2D eigenvalue weighted by molar-refractivity contribution is 7.98. The van der Waals surface area contributed by atoms with Crippen LogP contribution in [0, 0.1) is 0 Å². The Kier molecular flexibility index (Phi) is 11.8. The van der Waals surface area contributed by atoms with Crippen LogP contribution in [0.25, 0.3) is 0 Å². The molecule has 0 aliphatic rings. The van der Waals surface area contributed by atoms with Gasteiger partial charge in [-0.3, -0.25) is 0 Å². The van der Waals surface area contributed by atoms with Crippen LogP contribution in [-0.4, -0.2) is 70.2 Å². The summed E-state index contributed by atoms with van der Waals surface area (Å²) in [4.78, 5) is 0. The van der Waals surface area contributed by atoms with Gasteiger partial charge in [-0.2, -0.15) is 44.2 Å². The van der Waals surface area contributed by atoms with E-state index in [1.165, 1.54) is 6.92 Å². The van der Waals surface area contributed by atoms with E-state index < -0.39 is 39.9 Å². The van der Waals surface area contributed by atoms with Crippen molar-refractivity contribution in [2.24, 2.45) is 0 Å². The molecule has 172 valence electrons. The van der Waals surface area contributed by atoms with E-state index in [-0.39, 0.29) is 26.1 Å². The van der Waals surface area contributed by atoms with Crippen LogP contribution in [-0.2, 0) is 0 Å². The van der Waals surface area contributed by atoms with Crippen molar-refractivity contribution in [3.8, 4) is 0 Å². The highest BCUT2D eigenvalue weighted by Crippen LogP contribution is 2.57. The third kappa shape index (κ3) is 7.13. The number of rotatable bonds is 11. The summed E-state index contributed by atoms with van der Waals surface area (Å²) in [5.74, 6) is -13.5. The van der Waals surface area contributed by atoms with Crippen LogP contribution in [0.2, 0.25) is 0 Å². The third-order valence-electron chi connectivity index (χ3n) is 3.87. The van der Waals surface area contributed by atoms with E-state index in [0.717, 1.165) is 0 Å². The van der Waals surface area contributed by atoms with Crippen LogP contribution in [0.15, 0.2) is 0 Å². The fourth-order valence-corrected chi connectivity index (χ4v) is 2.85. The van der Waals surface area contributed by atoms with Crippen molar-refractivity contribution in [2.75, 3.05) is 32.7 Å². The maximum Gasteiger partial charge on any atom is 0.460 e. The molecule has 0 saturated carbocycles. The second-order valence-corrected chi connectivity index (χ2v) is 6.79. The van der Waals surface area contributed by atoms with Crippen LogP contribution < -0.4 is 0 Å². The van der Waals surface area contributed by atoms with Crippen LogP contribution in [0.4, 0.5) is 39.5 Å². The number of halogens is 9. The van der Waals surface area contributed by atoms with E-state index in [1.807, 2.05) is 13.8 Å². The van der Waals surface area contributed by atoms with Crippen LogP contribution in [0.1, 0.15) is 41.0 Å². The molecule has 0 radical (unpaired) electrons. The minimum atomic E-state index is -6.89. The summed E-state index contributed by atoms with van der Waals surface area (Å²) in [5.41, 5.74) is 0. The smallest absolute Gasteiger partial charge is 0.245 e. The first kappa shape index (κ1) is 29.8. The maximum absolute atomic E-state index is 13.6. The molecule has 0 heterocycles. The monoisotopic (exact) mass is 455 g/mol. The Balaban J connectivity index is 0. The molecule has 0 aromatic heterocycles. The zero-order chi connectivity index (χ0) is 23.0. The number of alkyl halides is 9. The third-order valence-corrected chi connectivity index (χ3v) is 5.06. The molecule has 0 amide bonds. The van der Waals surface area contributed by atoms with Gasteiger partial charge in [0, 0.05) is 31.5 Å². The normalized spacial score (nSPS) is 14.1. The molecule has 0 bridgehead atoms. The van der Waals surface area contributed by atoms with Gasteiger partial charge in [0.15, 0.2) is 0 Å². The summed E-state index contributed by atoms with van der Waals surface area (Å²) in [5, 5.41) is 4.30. The van der Waals surface area contributed by atoms with E-state index in [0.29, 0.717) is 17.4 Å². The SMILES string of the molecule is CC.CCN(CCC[N+](O)(CC)CC)SC(F)(F)C(F)(F)C(F)(F)C(F)(F)F. The molecule has 0 aromatic carbocycles. The van der Waals surface area contributed by atoms with Gasteiger partial charge < -0.3 is 0 Å². The number of hydrogen-bond donors (Lipinski definition) is 1. The van der Waals surface area contributed by atoms with E-state index in [4.69, 9.17) is 0 Å². The van der Waals surface area contributed by atoms with Crippen molar-refractivity contribution in [1.29, 1.82) is 0 Å². The summed E-state index contributed by atoms with van der Waals surface area (Å²) in [6.45, 7) is 8.61. The molecule has 0 aliphatic heterocycles. The van der Waals surface area contributed by atoms with E-state index >= 15 is 0 Å². The minimum absolute atomic E-state index is 0.0380. The second kappa shape index (κ2) is 11.1. The maximum atomic E-state index is 13.6. The lowest BCUT2D eigenvalue weighted by molar-refractivity contribution is -1.10. The molecule has 0 fully saturated rings. The predicted molar refractivity (Wildman–Crippen MR) is 89.7 cm³/mol. The van der Waals surface area contributed by atoms with Gasteiger partial charge in [-0.05, 0) is 13.8 Å². The Morgan fingerprint density at radius 2 is 1.25 bits per heavy atom. The van der Waals surface area contributed by atoms with Crippen molar-refractivity contribution < 1.29 is 49.4 Å². The van der Waals surface area contributed by atoms with Crippen molar-refractivity contribution in [3.63, 3.8) is 0 Å². The van der Waals surface area contributed by atoms with Crippen molar-refractivity contribution >= 4 is 11.9 Å². The van der Waals surface area contributed by atoms with Gasteiger partial charge in [-0.15, -0.1) is 0 Å². The molecule has 0 aliphatic carbocycles. The largest absolute Gasteiger partial charge is 0.460 e. The summed E-state index contributed by atoms with van der Waals surface area (Å²) in [7, 11) is 0. The van der Waals surface area contributed by atoms with Crippen molar-refractivity contribution in [3.05, 3.63) is 0 Å². The Labute approximate surface area is 163 Å². The zero-order valence-corrected chi connectivity index (χ0v) is 17.2. The first-order valence-corrected chi connectivity index (χ1v) is 9.51. The van der Waals surface area contributed by atoms with E-state index in [1.54, 1.807) is 13.8 Å². The molecule has 0 saturated heterocycles. The van der Waals surface area contributed by atoms with Crippen LogP contribution >= 0.6 is 11.9 Å². The molecule has 0 unspecified atom stereocenters. The van der Waals surface area contributed by atoms with Gasteiger partial charge >= 0.3 is 23.3 Å². The van der Waals surface area contributed by atoms with E-state index in [2.05, 4.69) is 0 Å². The van der Waals surface area contributed by atoms with Gasteiger partial charge in [0.1, 0.15) is 19.6 Å². The lowest BCUT2D eigenvalue weighted by atomic mass is 10.1. The second-order valence-electron chi connectivity index (χ2n) is 5.58. The van der Waals surface area contributed by atoms with Crippen molar-refractivity contribution in [2.45, 2.75) is 64.3 Å². The summed E-state index contributed by atoms with van der Waals surface area (Å²) in [6.07, 6.45) is -6.79. The van der Waals surface area contributed by atoms with Gasteiger partial charge in [-0.25, -0.2) is 9.51 Å². The lowest BCUT2D eigenvalue weighted by Gasteiger charge is -2.35. The fraction of sp³-hybridized carbons (Fsp3) is 1.00. The first-order valence-electron chi connectivity index (χ1n) is 8.74. The molecular weight excluding hydrogens is 427 g/mol. The molecular formula is C15H28F9N2OS+. The lowest BCUT2D eigenvalue weighted by Crippen LogP contribution is -2.60. The van der Waals surface area contributed by atoms with Gasteiger partial charge in [0.25, 0.3) is 0 Å². The molecule has 28 heavy (non-hydrogen) atoms. The van der Waals surface area contributed by atoms with Crippen LogP contribution in [0.3, 0.4) is 0 Å². The van der Waals surface area contributed by atoms with Gasteiger partial charge in [0.05, 0.1) is 0 Å². The highest BCUT2D eigenvalue weighted by atomic mass is 32.2. The number of nitrogens with zero attached hydrogens (tertiary/aromatic N) is 2. The average molecular weight is 455 g/mol. The van der Waals surface area contributed by atoms with Gasteiger partial charge in [0.2, 0.25) is 0 Å². The Morgan fingerprint density at radius 1 is 0.821 bits per heavy atom. The van der Waals surface area contributed by atoms with Crippen LogP contribution in [0.5, 0.6) is 0 Å². The summed E-state index contributed by atoms with van der Waals surface area (Å²) >= 11 is -1.06. The van der Waals surface area contributed by atoms with E-state index in [9.17, 15) is 44.7 Å². The Bertz CT molecular complexity index is 444. The first-order chi connectivity index (χ1) is 12.5. The minimum Gasteiger partial charge on any atom is -0.245 e. The Morgan fingerprint density at radius 3 is 1.57 bits per heavy atom.